The Labute approximate surface area is 557 Å². The average molecular weight is 1330 g/mol. The van der Waals surface area contributed by atoms with Crippen LogP contribution in [0.4, 0.5) is 48.5 Å². The monoisotopic (exact) mass is 1330 g/mol. The van der Waals surface area contributed by atoms with E-state index in [4.69, 9.17) is 0 Å². The van der Waals surface area contributed by atoms with Crippen LogP contribution >= 0.6 is 0 Å². The number of nitrogens with one attached hydrogen (secondary N) is 3. The number of anilines is 6. The first-order valence-corrected chi connectivity index (χ1v) is 30.6. The van der Waals surface area contributed by atoms with Gasteiger partial charge >= 0.3 is 24.1 Å². The van der Waals surface area contributed by atoms with E-state index < -0.39 is 12.1 Å². The van der Waals surface area contributed by atoms with Crippen LogP contribution in [0.1, 0.15) is 116 Å². The van der Waals surface area contributed by atoms with E-state index >= 15 is 0 Å². The van der Waals surface area contributed by atoms with Crippen molar-refractivity contribution in [2.45, 2.75) is 98.5 Å². The fourth-order valence-electron chi connectivity index (χ4n) is 9.87. The van der Waals surface area contributed by atoms with Crippen molar-refractivity contribution in [3.63, 3.8) is 0 Å². The molecule has 6 fully saturated rings. The number of nitrogens with zero attached hydrogens (tertiary/aromatic N) is 12. The molecule has 97 heavy (non-hydrogen) atoms. The fourth-order valence-corrected chi connectivity index (χ4v) is 9.87. The maximum Gasteiger partial charge on any atom is 0.339 e. The van der Waals surface area contributed by atoms with Crippen molar-refractivity contribution in [2.24, 2.45) is 0 Å². The minimum Gasteiger partial charge on any atom is -0.465 e. The highest BCUT2D eigenvalue weighted by Gasteiger charge is 2.30. The van der Waals surface area contributed by atoms with E-state index in [0.29, 0.717) is 94.9 Å². The molecular weight excluding hydrogens is 1250 g/mol. The minimum absolute atomic E-state index is 0.00268. The molecule has 6 saturated heterocycles. The van der Waals surface area contributed by atoms with E-state index in [1.54, 1.807) is 84.6 Å². The van der Waals surface area contributed by atoms with Gasteiger partial charge in [-0.15, -0.1) is 0 Å². The zero-order chi connectivity index (χ0) is 70.5. The summed E-state index contributed by atoms with van der Waals surface area (Å²) < 4.78 is 4.59. The number of methoxy groups -OCH3 is 1. The molecular formula is C67H73N15O15. The number of hydrogen-bond acceptors (Lipinski definition) is 21. The van der Waals surface area contributed by atoms with Gasteiger partial charge in [-0.05, 0) is 105 Å². The van der Waals surface area contributed by atoms with Crippen LogP contribution in [-0.4, -0.2) is 158 Å². The number of ether oxygens (including phenoxy) is 1. The Morgan fingerprint density at radius 2 is 0.763 bits per heavy atom. The fraction of sp³-hybridized carbons (Fsp3) is 0.328. The lowest BCUT2D eigenvalue weighted by Crippen LogP contribution is -2.49. The number of amides is 12. The molecule has 30 nitrogen and oxygen atoms in total. The molecule has 1 unspecified atom stereocenters. The molecule has 506 valence electrons. The van der Waals surface area contributed by atoms with Gasteiger partial charge in [0.1, 0.15) is 17.3 Å². The van der Waals surface area contributed by atoms with Gasteiger partial charge in [-0.1, -0.05) is 6.58 Å². The molecule has 12 heterocycles. The quantitative estimate of drug-likeness (QED) is 0.0993. The molecule has 12 rings (SSSR count). The lowest BCUT2D eigenvalue weighted by Gasteiger charge is -2.26. The van der Waals surface area contributed by atoms with Crippen LogP contribution in [0.25, 0.3) is 5.57 Å². The summed E-state index contributed by atoms with van der Waals surface area (Å²) in [6, 6.07) is 11.3. The molecule has 6 aromatic rings. The molecule has 6 aliphatic heterocycles. The third-order valence-corrected chi connectivity index (χ3v) is 15.0. The van der Waals surface area contributed by atoms with Crippen LogP contribution in [0, 0.1) is 20.8 Å². The molecule has 30 heteroatoms. The number of aliphatic hydroxyl groups is 1. The van der Waals surface area contributed by atoms with E-state index in [0.717, 1.165) is 50.6 Å². The highest BCUT2D eigenvalue weighted by molar-refractivity contribution is 6.11. The van der Waals surface area contributed by atoms with Crippen LogP contribution in [0.15, 0.2) is 117 Å². The van der Waals surface area contributed by atoms with Crippen molar-refractivity contribution in [3.05, 3.63) is 151 Å². The number of piperidine rings is 3. The number of aryl methyl sites for hydroxylation is 3. The predicted octanol–water partition coefficient (Wildman–Crippen LogP) is 5.71. The lowest BCUT2D eigenvalue weighted by molar-refractivity contribution is -0.130. The number of carbonyl (C=O) groups excluding carboxylic acids is 13. The molecule has 0 saturated carbocycles. The van der Waals surface area contributed by atoms with Gasteiger partial charge < -0.3 is 24.5 Å². The van der Waals surface area contributed by atoms with E-state index in [1.165, 1.54) is 45.2 Å². The molecule has 1 atom stereocenters. The molecule has 6 aromatic heterocycles. The Kier molecular flexibility index (Phi) is 25.8. The molecule has 12 amide bonds. The van der Waals surface area contributed by atoms with Crippen molar-refractivity contribution in [2.75, 3.05) is 75.8 Å². The number of aliphatic hydroxyl groups excluding tert-OH is 1. The second-order valence-electron chi connectivity index (χ2n) is 22.7. The smallest absolute Gasteiger partial charge is 0.339 e. The first-order valence-electron chi connectivity index (χ1n) is 30.6. The van der Waals surface area contributed by atoms with Crippen LogP contribution in [0.3, 0.4) is 0 Å². The maximum atomic E-state index is 11.7. The number of allylic oxidation sites excluding steroid dienone is 1. The third-order valence-electron chi connectivity index (χ3n) is 15.0. The van der Waals surface area contributed by atoms with Gasteiger partial charge in [0.2, 0.25) is 35.4 Å². The van der Waals surface area contributed by atoms with E-state index in [9.17, 15) is 67.4 Å². The van der Waals surface area contributed by atoms with Gasteiger partial charge in [-0.3, -0.25) is 104 Å². The number of pyridine rings is 6. The number of aromatic nitrogens is 6. The molecule has 6 aliphatic rings. The van der Waals surface area contributed by atoms with E-state index in [2.05, 4.69) is 57.2 Å². The van der Waals surface area contributed by atoms with E-state index in [-0.39, 0.29) is 95.7 Å². The highest BCUT2D eigenvalue weighted by atomic mass is 16.5. The zero-order valence-corrected chi connectivity index (χ0v) is 54.3. The summed E-state index contributed by atoms with van der Waals surface area (Å²) in [5.41, 5.74) is 9.69. The standard InChI is InChI=1S/C13H14N2O2.C12H12N2O4.C12H14N2O3.3C10H11N3O2/c1-9(2)10-5-11(8-14-7-10)15-4-3-12(16)6-13(15)17;1-18-12(17)8-4-9(7-13-6-8)14-3-2-10(15)5-11(14)16;1-8(15)11-3-2-9(7-13-11)14-5-4-10(16)6-12(14)17;3*1-7-4-8(6-11-5-7)13-3-2-9(14)12-10(13)15/h5,7-8H,1,3-4,6H2,2H3;4,6-7H,2-3,5H2,1H3;2-3,7-8,15H,4-6H2,1H3;3*4-6H,2-3H2,1H3,(H,12,14,15). The molecule has 0 bridgehead atoms. The number of hydrogen-bond donors (Lipinski definition) is 4. The number of carbonyl (C=O) groups is 13. The number of urea groups is 3. The van der Waals surface area contributed by atoms with Crippen LogP contribution in [0.5, 0.6) is 0 Å². The number of Topliss-reactive ketones (excluding diaryl/α,β-unsaturated/α-hetero) is 3. The minimum atomic E-state index is -0.623. The first-order chi connectivity index (χ1) is 46.3. The molecule has 4 N–H and O–H groups in total. The average Bonchev–Trinajstić information content (AvgIpc) is 0.922. The molecule has 0 spiro atoms. The van der Waals surface area contributed by atoms with Crippen molar-refractivity contribution in [1.82, 2.24) is 45.9 Å². The number of imide groups is 3. The third kappa shape index (κ3) is 21.2. The Balaban J connectivity index is 0.000000164. The summed E-state index contributed by atoms with van der Waals surface area (Å²) in [7, 11) is 1.28. The largest absolute Gasteiger partial charge is 0.465 e. The summed E-state index contributed by atoms with van der Waals surface area (Å²) >= 11 is 0. The van der Waals surface area contributed by atoms with Gasteiger partial charge in [0.25, 0.3) is 0 Å². The second-order valence-corrected chi connectivity index (χ2v) is 22.7. The zero-order valence-electron chi connectivity index (χ0n) is 54.3. The lowest BCUT2D eigenvalue weighted by atomic mass is 10.1. The van der Waals surface area contributed by atoms with Gasteiger partial charge in [-0.2, -0.15) is 0 Å². The number of rotatable bonds is 9. The van der Waals surface area contributed by atoms with Crippen LogP contribution in [-0.2, 0) is 47.9 Å². The Bertz CT molecular complexity index is 3820. The molecule has 0 aromatic carbocycles. The van der Waals surface area contributed by atoms with Crippen LogP contribution in [0.2, 0.25) is 0 Å². The first kappa shape index (κ1) is 72.7. The topological polar surface area (TPSA) is 384 Å². The van der Waals surface area contributed by atoms with Gasteiger partial charge in [0.05, 0.1) is 115 Å². The molecule has 0 radical (unpaired) electrons. The summed E-state index contributed by atoms with van der Waals surface area (Å²) in [6.07, 6.45) is 19.1. The Hall–Kier alpha value is -11.7. The van der Waals surface area contributed by atoms with Crippen molar-refractivity contribution in [3.8, 4) is 0 Å². The van der Waals surface area contributed by atoms with Crippen molar-refractivity contribution >= 4 is 117 Å². The summed E-state index contributed by atoms with van der Waals surface area (Å²) in [4.78, 5) is 180. The van der Waals surface area contributed by atoms with Crippen LogP contribution < -0.4 is 45.3 Å². The Morgan fingerprint density at radius 3 is 1.06 bits per heavy atom. The second kappa shape index (κ2) is 34.5. The Morgan fingerprint density at radius 1 is 0.443 bits per heavy atom. The molecule has 0 aliphatic carbocycles. The number of esters is 1. The van der Waals surface area contributed by atoms with Crippen molar-refractivity contribution in [1.29, 1.82) is 0 Å². The summed E-state index contributed by atoms with van der Waals surface area (Å²) in [6.45, 7) is 15.5. The predicted molar refractivity (Wildman–Crippen MR) is 353 cm³/mol. The van der Waals surface area contributed by atoms with Gasteiger partial charge in [-0.25, -0.2) is 19.2 Å². The van der Waals surface area contributed by atoms with E-state index in [1.807, 2.05) is 52.0 Å². The summed E-state index contributed by atoms with van der Waals surface area (Å²) in [5.74, 6) is -1.86. The maximum absolute atomic E-state index is 11.7. The number of ketones is 3. The van der Waals surface area contributed by atoms with Gasteiger partial charge in [0.15, 0.2) is 0 Å². The highest BCUT2D eigenvalue weighted by Crippen LogP contribution is 2.25. The summed E-state index contributed by atoms with van der Waals surface area (Å²) in [5, 5.41) is 16.1. The van der Waals surface area contributed by atoms with Gasteiger partial charge in [0, 0.05) is 109 Å². The van der Waals surface area contributed by atoms with Crippen molar-refractivity contribution < 1.29 is 72.2 Å². The SMILES string of the molecule is C=C(C)c1cncc(N2CCC(=O)CC2=O)c1.CC(O)c1ccc(N2CCC(=O)CC2=O)cn1.COC(=O)c1cncc(N2CCC(=O)CC2=O)c1.Cc1cncc(N2CCC(=O)NC2=O)c1.Cc1cncc(N2CCC(=O)NC2=O)c1.Cc1cncc(N2CCC(=O)NC2=O)c1. The normalized spacial score (nSPS) is 16.6.